The third-order valence-corrected chi connectivity index (χ3v) is 2.32. The number of nitrogens with zero attached hydrogens (tertiary/aromatic N) is 1. The Morgan fingerprint density at radius 3 is 1.89 bits per heavy atom. The van der Waals surface area contributed by atoms with Gasteiger partial charge in [0.05, 0.1) is 14.2 Å². The first-order valence-corrected chi connectivity index (χ1v) is 8.86. The molecule has 0 bridgehead atoms. The Balaban J connectivity index is -0.000000604. The highest BCUT2D eigenvalue weighted by atomic mass is 16.7. The molecule has 160 valence electrons. The Hall–Kier alpha value is -3.10. The number of carbonyl (C=O) groups is 1. The second kappa shape index (κ2) is 20.2. The van der Waals surface area contributed by atoms with Gasteiger partial charge in [-0.25, -0.2) is 9.59 Å². The van der Waals surface area contributed by atoms with E-state index in [4.69, 9.17) is 23.6 Å². The zero-order valence-corrected chi connectivity index (χ0v) is 17.8. The van der Waals surface area contributed by atoms with Gasteiger partial charge < -0.3 is 23.4 Å². The number of hydrogen-bond donors (Lipinski definition) is 1. The maximum absolute atomic E-state index is 11.1. The highest BCUT2D eigenvalue weighted by Crippen LogP contribution is 2.25. The maximum Gasteiger partial charge on any atom is 0.519 e. The van der Waals surface area contributed by atoms with Gasteiger partial charge in [-0.1, -0.05) is 46.7 Å². The molecule has 1 aromatic carbocycles. The zero-order valence-electron chi connectivity index (χ0n) is 17.8. The molecule has 0 spiro atoms. The van der Waals surface area contributed by atoms with Crippen LogP contribution in [0.25, 0.3) is 11.3 Å². The molecule has 0 radical (unpaired) electrons. The van der Waals surface area contributed by atoms with Crippen molar-refractivity contribution < 1.29 is 28.2 Å². The van der Waals surface area contributed by atoms with E-state index in [0.29, 0.717) is 11.3 Å². The average Bonchev–Trinajstić information content (AvgIpc) is 3.12. The second-order valence-corrected chi connectivity index (χ2v) is 3.67. The van der Waals surface area contributed by atoms with Crippen LogP contribution in [0.3, 0.4) is 0 Å². The van der Waals surface area contributed by atoms with Gasteiger partial charge in [-0.05, 0) is 24.3 Å². The number of carboxylic acid groups (broad SMARTS) is 1. The van der Waals surface area contributed by atoms with Crippen molar-refractivity contribution in [2.24, 2.45) is 5.18 Å². The molecule has 1 heterocycles. The summed E-state index contributed by atoms with van der Waals surface area (Å²) in [6, 6.07) is 6.64. The summed E-state index contributed by atoms with van der Waals surface area (Å²) in [6.45, 7) is 11.6. The summed E-state index contributed by atoms with van der Waals surface area (Å²) in [5, 5.41) is 10.7. The fourth-order valence-electron chi connectivity index (χ4n) is 1.49. The zero-order chi connectivity index (χ0) is 22.5. The molecule has 0 atom stereocenters. The van der Waals surface area contributed by atoms with E-state index in [1.165, 1.54) is 14.2 Å². The number of nitroso groups, excluding NO2 is 1. The minimum atomic E-state index is -1.47. The van der Waals surface area contributed by atoms with Crippen LogP contribution in [0, 0.1) is 4.91 Å². The fourth-order valence-corrected chi connectivity index (χ4v) is 1.49. The molecule has 2 aromatic rings. The van der Waals surface area contributed by atoms with Crippen molar-refractivity contribution in [3.05, 3.63) is 45.5 Å². The Morgan fingerprint density at radius 1 is 1.04 bits per heavy atom. The van der Waals surface area contributed by atoms with E-state index in [0.717, 1.165) is 0 Å². The third kappa shape index (κ3) is 12.3. The Labute approximate surface area is 165 Å². The van der Waals surface area contributed by atoms with Crippen LogP contribution >= 0.6 is 0 Å². The molecule has 1 N–H and O–H groups in total. The van der Waals surface area contributed by atoms with Crippen molar-refractivity contribution in [3.8, 4) is 17.1 Å². The van der Waals surface area contributed by atoms with E-state index >= 15 is 0 Å². The molecule has 0 aliphatic carbocycles. The summed E-state index contributed by atoms with van der Waals surface area (Å²) in [7, 11) is 2.72. The van der Waals surface area contributed by atoms with Crippen LogP contribution < -0.4 is 10.6 Å². The SMILES string of the molecule is CC.CC.CC.CN=O.COc1ccc(-c2oc(=O)oc2COC(=O)O)cc1. The molecule has 0 unspecified atom stereocenters. The number of ether oxygens (including phenoxy) is 2. The quantitative estimate of drug-likeness (QED) is 0.520. The van der Waals surface area contributed by atoms with Crippen molar-refractivity contribution in [2.45, 2.75) is 48.1 Å². The smallest absolute Gasteiger partial charge is 0.497 e. The summed E-state index contributed by atoms with van der Waals surface area (Å²) >= 11 is 0. The molecule has 0 amide bonds. The fraction of sp³-hybridized carbons (Fsp3) is 0.474. The van der Waals surface area contributed by atoms with Gasteiger partial charge in [-0.2, -0.15) is 4.91 Å². The second-order valence-electron chi connectivity index (χ2n) is 3.67. The summed E-state index contributed by atoms with van der Waals surface area (Å²) < 4.78 is 19.0. The van der Waals surface area contributed by atoms with Crippen molar-refractivity contribution in [1.29, 1.82) is 0 Å². The molecule has 0 saturated carbocycles. The van der Waals surface area contributed by atoms with E-state index in [1.807, 2.05) is 41.5 Å². The van der Waals surface area contributed by atoms with Crippen LogP contribution in [-0.4, -0.2) is 25.4 Å². The van der Waals surface area contributed by atoms with Gasteiger partial charge in [0.1, 0.15) is 5.75 Å². The standard InChI is InChI=1S/C12H10O7.3C2H6.CH3NO/c1-16-8-4-2-7(3-5-8)10-9(6-17-11(13)14)18-12(15)19-10;3*1-2;1-2-3/h2-5H,6H2,1H3,(H,13,14);3*1-2H3;1H3. The molecule has 0 aliphatic heterocycles. The minimum Gasteiger partial charge on any atom is -0.497 e. The predicted octanol–water partition coefficient (Wildman–Crippen LogP) is 5.56. The summed E-state index contributed by atoms with van der Waals surface area (Å²) in [5.41, 5.74) is 0.552. The first-order chi connectivity index (χ1) is 13.5. The first kappa shape index (κ1) is 29.7. The van der Waals surface area contributed by atoms with Crippen LogP contribution in [-0.2, 0) is 11.3 Å². The van der Waals surface area contributed by atoms with Crippen LogP contribution in [0.15, 0.2) is 43.1 Å². The molecule has 1 aromatic heterocycles. The van der Waals surface area contributed by atoms with Crippen LogP contribution in [0.4, 0.5) is 4.79 Å². The molecule has 2 rings (SSSR count). The van der Waals surface area contributed by atoms with Crippen molar-refractivity contribution in [1.82, 2.24) is 0 Å². The third-order valence-electron chi connectivity index (χ3n) is 2.32. The summed E-state index contributed by atoms with van der Waals surface area (Å²) in [4.78, 5) is 30.0. The molecular weight excluding hydrogens is 370 g/mol. The van der Waals surface area contributed by atoms with Gasteiger partial charge in [0.2, 0.25) is 0 Å². The van der Waals surface area contributed by atoms with E-state index in [9.17, 15) is 9.59 Å². The first-order valence-electron chi connectivity index (χ1n) is 8.86. The monoisotopic (exact) mass is 401 g/mol. The van der Waals surface area contributed by atoms with E-state index in [2.05, 4.69) is 9.91 Å². The lowest BCUT2D eigenvalue weighted by Crippen LogP contribution is -2.00. The molecule has 9 nitrogen and oxygen atoms in total. The number of benzene rings is 1. The lowest BCUT2D eigenvalue weighted by Gasteiger charge is -2.02. The summed E-state index contributed by atoms with van der Waals surface area (Å²) in [5.74, 6) is -0.140. The van der Waals surface area contributed by atoms with Gasteiger partial charge in [0.25, 0.3) is 0 Å². The molecule has 9 heteroatoms. The largest absolute Gasteiger partial charge is 0.519 e. The van der Waals surface area contributed by atoms with Crippen LogP contribution in [0.1, 0.15) is 47.3 Å². The van der Waals surface area contributed by atoms with E-state index in [1.54, 1.807) is 24.3 Å². The minimum absolute atomic E-state index is 0.0116. The highest BCUT2D eigenvalue weighted by Gasteiger charge is 2.16. The Morgan fingerprint density at radius 2 is 1.50 bits per heavy atom. The number of methoxy groups -OCH3 is 1. The summed E-state index contributed by atoms with van der Waals surface area (Å²) in [6.07, 6.45) is -1.47. The Kier molecular flexibility index (Phi) is 21.4. The van der Waals surface area contributed by atoms with Gasteiger partial charge in [0, 0.05) is 5.56 Å². The molecular formula is C19H31NO8. The molecule has 0 fully saturated rings. The normalized spacial score (nSPS) is 8.00. The van der Waals surface area contributed by atoms with Crippen LogP contribution in [0.2, 0.25) is 0 Å². The highest BCUT2D eigenvalue weighted by molar-refractivity contribution is 5.61. The molecule has 28 heavy (non-hydrogen) atoms. The maximum atomic E-state index is 11.1. The Bertz CT molecular complexity index is 674. The lowest BCUT2D eigenvalue weighted by atomic mass is 10.1. The molecule has 0 aliphatic rings. The van der Waals surface area contributed by atoms with Crippen molar-refractivity contribution >= 4 is 6.16 Å². The van der Waals surface area contributed by atoms with Gasteiger partial charge in [-0.15, -0.1) is 0 Å². The van der Waals surface area contributed by atoms with Crippen molar-refractivity contribution in [3.63, 3.8) is 0 Å². The number of hydrogen-bond acceptors (Lipinski definition) is 8. The number of rotatable bonds is 4. The van der Waals surface area contributed by atoms with Gasteiger partial charge in [0.15, 0.2) is 18.1 Å². The predicted molar refractivity (Wildman–Crippen MR) is 108 cm³/mol. The topological polar surface area (TPSA) is 129 Å². The molecule has 0 saturated heterocycles. The van der Waals surface area contributed by atoms with Crippen molar-refractivity contribution in [2.75, 3.05) is 14.2 Å². The van der Waals surface area contributed by atoms with Crippen LogP contribution in [0.5, 0.6) is 5.75 Å². The average molecular weight is 401 g/mol. The lowest BCUT2D eigenvalue weighted by molar-refractivity contribution is 0.0789. The van der Waals surface area contributed by atoms with E-state index < -0.39 is 18.6 Å². The van der Waals surface area contributed by atoms with Gasteiger partial charge in [-0.3, -0.25) is 0 Å². The van der Waals surface area contributed by atoms with Gasteiger partial charge >= 0.3 is 12.0 Å². The van der Waals surface area contributed by atoms with E-state index in [-0.39, 0.29) is 11.5 Å².